The van der Waals surface area contributed by atoms with E-state index >= 15 is 0 Å². The predicted octanol–water partition coefficient (Wildman–Crippen LogP) is 2.46. The molecule has 1 saturated carbocycles. The van der Waals surface area contributed by atoms with Crippen molar-refractivity contribution in [3.8, 4) is 6.07 Å². The molecular formula is C22H26N3O+. The first-order chi connectivity index (χ1) is 12.5. The monoisotopic (exact) mass is 348 g/mol. The number of nitrogens with one attached hydrogen (secondary N) is 1. The highest BCUT2D eigenvalue weighted by Gasteiger charge is 2.43. The van der Waals surface area contributed by atoms with Gasteiger partial charge in [0.2, 0.25) is 0 Å². The molecule has 0 aliphatic heterocycles. The van der Waals surface area contributed by atoms with Gasteiger partial charge >= 0.3 is 0 Å². The molecule has 2 aromatic rings. The molecule has 1 aliphatic rings. The molecule has 0 heterocycles. The lowest BCUT2D eigenvalue weighted by atomic mass is 9.97. The molecule has 0 saturated heterocycles. The van der Waals surface area contributed by atoms with Gasteiger partial charge in [0.05, 0.1) is 6.07 Å². The molecule has 4 heteroatoms. The summed E-state index contributed by atoms with van der Waals surface area (Å²) in [5.74, 6) is 0.201. The lowest BCUT2D eigenvalue weighted by molar-refractivity contribution is -0.676. The van der Waals surface area contributed by atoms with Crippen molar-refractivity contribution in [2.24, 2.45) is 5.92 Å². The number of quaternary nitrogens is 1. The van der Waals surface area contributed by atoms with Gasteiger partial charge in [-0.2, -0.15) is 5.26 Å². The largest absolute Gasteiger partial charge is 0.333 e. The SMILES string of the molecule is Cc1ccc([C@H]([NH2+]CC(=O)N[C@](C)(C#N)C2CC2)c2ccccc2)cc1. The van der Waals surface area contributed by atoms with Gasteiger partial charge in [-0.05, 0) is 32.6 Å². The van der Waals surface area contributed by atoms with Gasteiger partial charge in [-0.1, -0.05) is 60.2 Å². The van der Waals surface area contributed by atoms with Crippen LogP contribution in [0, 0.1) is 24.2 Å². The van der Waals surface area contributed by atoms with Crippen LogP contribution in [0.15, 0.2) is 54.6 Å². The Balaban J connectivity index is 1.71. The first-order valence-corrected chi connectivity index (χ1v) is 9.19. The third kappa shape index (κ3) is 4.30. The van der Waals surface area contributed by atoms with Crippen LogP contribution in [0.4, 0.5) is 0 Å². The van der Waals surface area contributed by atoms with Crippen LogP contribution >= 0.6 is 0 Å². The van der Waals surface area contributed by atoms with E-state index in [4.69, 9.17) is 0 Å². The summed E-state index contributed by atoms with van der Waals surface area (Å²) >= 11 is 0. The Bertz CT molecular complexity index is 790. The van der Waals surface area contributed by atoms with Crippen molar-refractivity contribution in [2.45, 2.75) is 38.3 Å². The van der Waals surface area contributed by atoms with E-state index in [0.29, 0.717) is 5.92 Å². The topological polar surface area (TPSA) is 69.5 Å². The molecule has 3 rings (SSSR count). The summed E-state index contributed by atoms with van der Waals surface area (Å²) in [7, 11) is 0. The molecule has 2 atom stereocenters. The Kier molecular flexibility index (Phi) is 5.39. The fraction of sp³-hybridized carbons (Fsp3) is 0.364. The quantitative estimate of drug-likeness (QED) is 0.807. The molecule has 2 aromatic carbocycles. The summed E-state index contributed by atoms with van der Waals surface area (Å²) < 4.78 is 0. The predicted molar refractivity (Wildman–Crippen MR) is 101 cm³/mol. The minimum absolute atomic E-state index is 0.0526. The van der Waals surface area contributed by atoms with Gasteiger partial charge < -0.3 is 10.6 Å². The Labute approximate surface area is 155 Å². The number of aryl methyl sites for hydroxylation is 1. The van der Waals surface area contributed by atoms with Crippen molar-refractivity contribution in [1.82, 2.24) is 5.32 Å². The van der Waals surface area contributed by atoms with E-state index in [-0.39, 0.29) is 18.5 Å². The molecule has 0 spiro atoms. The summed E-state index contributed by atoms with van der Waals surface area (Å²) in [5, 5.41) is 14.4. The van der Waals surface area contributed by atoms with Gasteiger partial charge in [-0.25, -0.2) is 0 Å². The zero-order valence-corrected chi connectivity index (χ0v) is 15.4. The standard InChI is InChI=1S/C22H25N3O/c1-16-8-10-18(11-9-16)21(17-6-4-3-5-7-17)24-14-20(26)25-22(2,15-23)19-12-13-19/h3-11,19,21,24H,12-14H2,1-2H3,(H,25,26)/p+1/t21-,22-/m1/s1. The average Bonchev–Trinajstić information content (AvgIpc) is 3.50. The molecule has 0 bridgehead atoms. The second-order valence-corrected chi connectivity index (χ2v) is 7.38. The molecule has 134 valence electrons. The molecule has 0 radical (unpaired) electrons. The van der Waals surface area contributed by atoms with Crippen LogP contribution in [0.2, 0.25) is 0 Å². The highest BCUT2D eigenvalue weighted by atomic mass is 16.2. The fourth-order valence-electron chi connectivity index (χ4n) is 3.35. The van der Waals surface area contributed by atoms with Crippen LogP contribution in [0.3, 0.4) is 0 Å². The maximum absolute atomic E-state index is 12.5. The van der Waals surface area contributed by atoms with E-state index in [1.165, 1.54) is 11.1 Å². The van der Waals surface area contributed by atoms with E-state index in [0.717, 1.165) is 18.4 Å². The number of carbonyl (C=O) groups is 1. The molecule has 3 N–H and O–H groups in total. The minimum atomic E-state index is -0.739. The maximum Gasteiger partial charge on any atom is 0.276 e. The van der Waals surface area contributed by atoms with E-state index in [1.54, 1.807) is 0 Å². The number of nitrogens with two attached hydrogens (primary N) is 1. The van der Waals surface area contributed by atoms with Gasteiger partial charge in [-0.3, -0.25) is 4.79 Å². The number of nitriles is 1. The summed E-state index contributed by atoms with van der Waals surface area (Å²) in [4.78, 5) is 12.5. The van der Waals surface area contributed by atoms with E-state index < -0.39 is 5.54 Å². The molecule has 1 amide bonds. The summed E-state index contributed by atoms with van der Waals surface area (Å²) in [6.45, 7) is 4.19. The summed E-state index contributed by atoms with van der Waals surface area (Å²) in [6.07, 6.45) is 2.04. The molecule has 1 fully saturated rings. The molecule has 26 heavy (non-hydrogen) atoms. The first kappa shape index (κ1) is 18.2. The Morgan fingerprint density at radius 1 is 1.19 bits per heavy atom. The van der Waals surface area contributed by atoms with E-state index in [2.05, 4.69) is 54.7 Å². The van der Waals surface area contributed by atoms with Crippen LogP contribution < -0.4 is 10.6 Å². The van der Waals surface area contributed by atoms with Crippen molar-refractivity contribution >= 4 is 5.91 Å². The first-order valence-electron chi connectivity index (χ1n) is 9.19. The second kappa shape index (κ2) is 7.72. The summed E-state index contributed by atoms with van der Waals surface area (Å²) in [6, 6.07) is 21.0. The third-order valence-electron chi connectivity index (χ3n) is 5.16. The normalized spacial score (nSPS) is 17.0. The van der Waals surface area contributed by atoms with Crippen LogP contribution in [0.1, 0.15) is 42.5 Å². The van der Waals surface area contributed by atoms with Crippen LogP contribution in [-0.4, -0.2) is 18.0 Å². The molecule has 4 nitrogen and oxygen atoms in total. The third-order valence-corrected chi connectivity index (χ3v) is 5.16. The van der Waals surface area contributed by atoms with Gasteiger partial charge in [0.25, 0.3) is 5.91 Å². The lowest BCUT2D eigenvalue weighted by Gasteiger charge is -2.23. The van der Waals surface area contributed by atoms with Gasteiger partial charge in [-0.15, -0.1) is 0 Å². The zero-order chi connectivity index (χ0) is 18.6. The fourth-order valence-corrected chi connectivity index (χ4v) is 3.35. The summed E-state index contributed by atoms with van der Waals surface area (Å²) in [5.41, 5.74) is 2.80. The Hall–Kier alpha value is -2.64. The minimum Gasteiger partial charge on any atom is -0.333 e. The average molecular weight is 348 g/mol. The second-order valence-electron chi connectivity index (χ2n) is 7.38. The van der Waals surface area contributed by atoms with Crippen LogP contribution in [-0.2, 0) is 4.79 Å². The molecular weight excluding hydrogens is 322 g/mol. The van der Waals surface area contributed by atoms with Gasteiger partial charge in [0.1, 0.15) is 11.6 Å². The number of hydrogen-bond acceptors (Lipinski definition) is 2. The number of amides is 1. The zero-order valence-electron chi connectivity index (χ0n) is 15.4. The van der Waals surface area contributed by atoms with Crippen molar-refractivity contribution in [1.29, 1.82) is 5.26 Å². The number of nitrogens with zero attached hydrogens (tertiary/aromatic N) is 1. The van der Waals surface area contributed by atoms with Crippen molar-refractivity contribution < 1.29 is 10.1 Å². The van der Waals surface area contributed by atoms with E-state index in [9.17, 15) is 10.1 Å². The Morgan fingerprint density at radius 3 is 2.38 bits per heavy atom. The van der Waals surface area contributed by atoms with Crippen molar-refractivity contribution in [3.63, 3.8) is 0 Å². The molecule has 0 unspecified atom stereocenters. The van der Waals surface area contributed by atoms with Gasteiger partial charge in [0.15, 0.2) is 6.54 Å². The Morgan fingerprint density at radius 2 is 1.81 bits per heavy atom. The van der Waals surface area contributed by atoms with Crippen LogP contribution in [0.5, 0.6) is 0 Å². The molecule has 0 aromatic heterocycles. The van der Waals surface area contributed by atoms with Crippen molar-refractivity contribution in [3.05, 3.63) is 71.3 Å². The maximum atomic E-state index is 12.5. The number of benzene rings is 2. The number of hydrogen-bond donors (Lipinski definition) is 2. The lowest BCUT2D eigenvalue weighted by Crippen LogP contribution is -2.88. The highest BCUT2D eigenvalue weighted by molar-refractivity contribution is 5.78. The number of rotatable bonds is 7. The smallest absolute Gasteiger partial charge is 0.276 e. The van der Waals surface area contributed by atoms with E-state index in [1.807, 2.05) is 30.4 Å². The number of carbonyl (C=O) groups excluding carboxylic acids is 1. The molecule has 1 aliphatic carbocycles. The van der Waals surface area contributed by atoms with Crippen LogP contribution in [0.25, 0.3) is 0 Å². The highest BCUT2D eigenvalue weighted by Crippen LogP contribution is 2.39. The van der Waals surface area contributed by atoms with Crippen molar-refractivity contribution in [2.75, 3.05) is 6.54 Å². The van der Waals surface area contributed by atoms with Gasteiger partial charge in [0, 0.05) is 11.1 Å².